The second-order valence-electron chi connectivity index (χ2n) is 4.47. The number of non-ortho nitro benzene ring substituents is 1. The molecule has 1 atom stereocenters. The van der Waals surface area contributed by atoms with Gasteiger partial charge in [-0.15, -0.1) is 0 Å². The zero-order chi connectivity index (χ0) is 15.3. The van der Waals surface area contributed by atoms with Gasteiger partial charge in [0.25, 0.3) is 11.6 Å². The molecule has 0 bridgehead atoms. The first kappa shape index (κ1) is 16.4. The van der Waals surface area contributed by atoms with Gasteiger partial charge in [-0.2, -0.15) is 11.8 Å². The van der Waals surface area contributed by atoms with Gasteiger partial charge in [-0.1, -0.05) is 0 Å². The fraction of sp³-hybridized carbons (Fsp3) is 0.462. The van der Waals surface area contributed by atoms with Crippen LogP contribution in [0.4, 0.5) is 10.1 Å². The number of nitro groups is 1. The van der Waals surface area contributed by atoms with Crippen molar-refractivity contribution in [3.8, 4) is 0 Å². The molecule has 20 heavy (non-hydrogen) atoms. The summed E-state index contributed by atoms with van der Waals surface area (Å²) in [7, 11) is 1.58. The minimum atomic E-state index is -0.746. The van der Waals surface area contributed by atoms with Crippen molar-refractivity contribution < 1.29 is 14.1 Å². The summed E-state index contributed by atoms with van der Waals surface area (Å²) < 4.78 is 13.7. The number of nitrogens with zero attached hydrogens (tertiary/aromatic N) is 2. The van der Waals surface area contributed by atoms with Gasteiger partial charge in [0.2, 0.25) is 0 Å². The first-order valence-electron chi connectivity index (χ1n) is 6.08. The smallest absolute Gasteiger partial charge is 0.270 e. The fourth-order valence-electron chi connectivity index (χ4n) is 1.66. The van der Waals surface area contributed by atoms with Crippen LogP contribution in [-0.2, 0) is 0 Å². The molecule has 0 spiro atoms. The summed E-state index contributed by atoms with van der Waals surface area (Å²) >= 11 is 1.66. The first-order valence-corrected chi connectivity index (χ1v) is 7.48. The van der Waals surface area contributed by atoms with Crippen LogP contribution in [0.15, 0.2) is 18.2 Å². The highest BCUT2D eigenvalue weighted by molar-refractivity contribution is 7.98. The molecule has 110 valence electrons. The Bertz CT molecular complexity index is 510. The number of hydrogen-bond acceptors (Lipinski definition) is 4. The van der Waals surface area contributed by atoms with Crippen LogP contribution in [0.1, 0.15) is 23.7 Å². The Kier molecular flexibility index (Phi) is 5.94. The molecule has 0 aromatic heterocycles. The van der Waals surface area contributed by atoms with Gasteiger partial charge in [0.1, 0.15) is 5.82 Å². The van der Waals surface area contributed by atoms with E-state index in [-0.39, 0.29) is 17.3 Å². The summed E-state index contributed by atoms with van der Waals surface area (Å²) in [6.45, 7) is 1.86. The van der Waals surface area contributed by atoms with E-state index in [9.17, 15) is 19.3 Å². The van der Waals surface area contributed by atoms with Gasteiger partial charge in [0.05, 0.1) is 10.5 Å². The Morgan fingerprint density at radius 2 is 2.20 bits per heavy atom. The molecule has 0 aliphatic rings. The molecule has 7 heteroatoms. The minimum Gasteiger partial charge on any atom is -0.339 e. The number of halogens is 1. The molecule has 0 aliphatic heterocycles. The second kappa shape index (κ2) is 7.23. The lowest BCUT2D eigenvalue weighted by Crippen LogP contribution is -2.36. The Hall–Kier alpha value is -1.63. The Labute approximate surface area is 121 Å². The normalized spacial score (nSPS) is 12.0. The van der Waals surface area contributed by atoms with Crippen molar-refractivity contribution in [3.63, 3.8) is 0 Å². The van der Waals surface area contributed by atoms with E-state index in [0.29, 0.717) is 0 Å². The van der Waals surface area contributed by atoms with Crippen molar-refractivity contribution in [2.75, 3.05) is 19.1 Å². The minimum absolute atomic E-state index is 0.0615. The van der Waals surface area contributed by atoms with Gasteiger partial charge in [-0.25, -0.2) is 4.39 Å². The van der Waals surface area contributed by atoms with Crippen LogP contribution in [-0.4, -0.2) is 40.8 Å². The second-order valence-corrected chi connectivity index (χ2v) is 5.45. The number of hydrogen-bond donors (Lipinski definition) is 0. The highest BCUT2D eigenvalue weighted by Gasteiger charge is 2.22. The number of carbonyl (C=O) groups excluding carboxylic acids is 1. The molecular formula is C13H17FN2O3S. The van der Waals surface area contributed by atoms with Crippen LogP contribution in [0, 0.1) is 15.9 Å². The molecule has 0 aliphatic carbocycles. The lowest BCUT2D eigenvalue weighted by atomic mass is 10.1. The predicted octanol–water partition coefficient (Wildman–Crippen LogP) is 2.95. The van der Waals surface area contributed by atoms with E-state index in [4.69, 9.17) is 0 Å². The van der Waals surface area contributed by atoms with Gasteiger partial charge >= 0.3 is 0 Å². The number of benzene rings is 1. The molecule has 0 saturated heterocycles. The van der Waals surface area contributed by atoms with E-state index >= 15 is 0 Å². The van der Waals surface area contributed by atoms with Gasteiger partial charge in [-0.3, -0.25) is 14.9 Å². The zero-order valence-electron chi connectivity index (χ0n) is 11.6. The summed E-state index contributed by atoms with van der Waals surface area (Å²) in [6.07, 6.45) is 2.74. The third kappa shape index (κ3) is 3.93. The molecule has 0 fully saturated rings. The quantitative estimate of drug-likeness (QED) is 0.598. The standard InChI is InChI=1S/C13H17FN2O3S/c1-9(6-7-20-3)15(2)13(17)11-8-10(16(18)19)4-5-12(11)14/h4-5,8-9H,6-7H2,1-3H3. The van der Waals surface area contributed by atoms with Gasteiger partial charge < -0.3 is 4.90 Å². The Morgan fingerprint density at radius 1 is 1.55 bits per heavy atom. The summed E-state index contributed by atoms with van der Waals surface area (Å²) in [6, 6.07) is 2.92. The van der Waals surface area contributed by atoms with Crippen LogP contribution in [0.3, 0.4) is 0 Å². The fourth-order valence-corrected chi connectivity index (χ4v) is 2.24. The molecule has 1 aromatic rings. The predicted molar refractivity (Wildman–Crippen MR) is 77.6 cm³/mol. The third-order valence-electron chi connectivity index (χ3n) is 3.11. The van der Waals surface area contributed by atoms with Crippen molar-refractivity contribution in [1.29, 1.82) is 0 Å². The van der Waals surface area contributed by atoms with Crippen LogP contribution >= 0.6 is 11.8 Å². The highest BCUT2D eigenvalue weighted by atomic mass is 32.2. The first-order chi connectivity index (χ1) is 9.38. The molecule has 0 saturated carbocycles. The van der Waals surface area contributed by atoms with Crippen molar-refractivity contribution in [3.05, 3.63) is 39.7 Å². The van der Waals surface area contributed by atoms with Crippen molar-refractivity contribution in [2.24, 2.45) is 0 Å². The molecule has 1 aromatic carbocycles. The number of thioether (sulfide) groups is 1. The summed E-state index contributed by atoms with van der Waals surface area (Å²) in [5.41, 5.74) is -0.558. The van der Waals surface area contributed by atoms with Crippen LogP contribution in [0.5, 0.6) is 0 Å². The van der Waals surface area contributed by atoms with Crippen molar-refractivity contribution in [2.45, 2.75) is 19.4 Å². The maximum absolute atomic E-state index is 13.7. The van der Waals surface area contributed by atoms with Gasteiger partial charge in [0, 0.05) is 25.2 Å². The molecule has 1 rings (SSSR count). The number of carbonyl (C=O) groups is 1. The van der Waals surface area contributed by atoms with Gasteiger partial charge in [0.15, 0.2) is 0 Å². The molecule has 0 N–H and O–H groups in total. The highest BCUT2D eigenvalue weighted by Crippen LogP contribution is 2.19. The van der Waals surface area contributed by atoms with Crippen LogP contribution in [0.2, 0.25) is 0 Å². The number of amides is 1. The summed E-state index contributed by atoms with van der Waals surface area (Å²) in [5, 5.41) is 10.7. The molecular weight excluding hydrogens is 283 g/mol. The van der Waals surface area contributed by atoms with Crippen molar-refractivity contribution in [1.82, 2.24) is 4.90 Å². The van der Waals surface area contributed by atoms with E-state index in [2.05, 4.69) is 0 Å². The van der Waals surface area contributed by atoms with E-state index < -0.39 is 16.6 Å². The van der Waals surface area contributed by atoms with E-state index in [1.165, 1.54) is 4.90 Å². The molecule has 5 nitrogen and oxygen atoms in total. The average molecular weight is 300 g/mol. The zero-order valence-corrected chi connectivity index (χ0v) is 12.4. The summed E-state index contributed by atoms with van der Waals surface area (Å²) in [5.74, 6) is -0.403. The topological polar surface area (TPSA) is 63.5 Å². The molecule has 1 amide bonds. The largest absolute Gasteiger partial charge is 0.339 e. The number of nitro benzene ring substituents is 1. The van der Waals surface area contributed by atoms with E-state index in [0.717, 1.165) is 30.4 Å². The third-order valence-corrected chi connectivity index (χ3v) is 3.76. The average Bonchev–Trinajstić information content (AvgIpc) is 2.43. The Balaban J connectivity index is 2.96. The molecule has 1 unspecified atom stereocenters. The number of rotatable bonds is 6. The maximum Gasteiger partial charge on any atom is 0.270 e. The van der Waals surface area contributed by atoms with E-state index in [1.807, 2.05) is 13.2 Å². The van der Waals surface area contributed by atoms with Crippen LogP contribution < -0.4 is 0 Å². The Morgan fingerprint density at radius 3 is 2.75 bits per heavy atom. The van der Waals surface area contributed by atoms with E-state index in [1.54, 1.807) is 18.8 Å². The molecule has 0 heterocycles. The monoisotopic (exact) mass is 300 g/mol. The van der Waals surface area contributed by atoms with Gasteiger partial charge in [-0.05, 0) is 31.4 Å². The molecule has 0 radical (unpaired) electrons. The SMILES string of the molecule is CSCCC(C)N(C)C(=O)c1cc([N+](=O)[O-])ccc1F. The lowest BCUT2D eigenvalue weighted by molar-refractivity contribution is -0.384. The summed E-state index contributed by atoms with van der Waals surface area (Å²) in [4.78, 5) is 23.7. The lowest BCUT2D eigenvalue weighted by Gasteiger charge is -2.25. The van der Waals surface area contributed by atoms with Crippen LogP contribution in [0.25, 0.3) is 0 Å². The maximum atomic E-state index is 13.7. The van der Waals surface area contributed by atoms with Crippen molar-refractivity contribution >= 4 is 23.4 Å².